The van der Waals surface area contributed by atoms with Crippen LogP contribution in [0.3, 0.4) is 0 Å². The number of Topliss-reactive ketones (excluding diaryl/α,β-unsaturated/α-hetero) is 1. The van der Waals surface area contributed by atoms with Crippen molar-refractivity contribution in [3.8, 4) is 23.3 Å². The molecule has 2 N–H and O–H groups in total. The summed E-state index contributed by atoms with van der Waals surface area (Å²) in [6, 6.07) is 15.6. The minimum atomic E-state index is -0.535. The summed E-state index contributed by atoms with van der Waals surface area (Å²) in [5.74, 6) is 1.11. The standard InChI is InChI=1S/C29H31N3O4/c1-29(2)15-22-26(23(33)16-29)20(12-11-18-9-7-6-8-10-18)21(17-30)28(31)32(22)19-13-24(34-3)27(36-5)25(14-19)35-4/h6-14,20H,15-16,31H2,1-5H3/b12-11+. The van der Waals surface area contributed by atoms with Crippen molar-refractivity contribution in [3.05, 3.63) is 76.8 Å². The molecule has 0 amide bonds. The van der Waals surface area contributed by atoms with E-state index in [1.165, 1.54) is 7.11 Å². The second-order valence-electron chi connectivity index (χ2n) is 9.68. The lowest BCUT2D eigenvalue weighted by atomic mass is 9.70. The Bertz CT molecular complexity index is 1290. The molecule has 2 aromatic rings. The zero-order valence-electron chi connectivity index (χ0n) is 21.3. The maximum atomic E-state index is 13.6. The van der Waals surface area contributed by atoms with Crippen molar-refractivity contribution in [1.82, 2.24) is 0 Å². The highest BCUT2D eigenvalue weighted by molar-refractivity contribution is 6.01. The number of carbonyl (C=O) groups excluding carboxylic acids is 1. The Labute approximate surface area is 212 Å². The normalized spacial score (nSPS) is 19.3. The second-order valence-corrected chi connectivity index (χ2v) is 9.68. The number of nitriles is 1. The number of rotatable bonds is 6. The Hall–Kier alpha value is -4.18. The van der Waals surface area contributed by atoms with E-state index in [2.05, 4.69) is 19.9 Å². The molecular weight excluding hydrogens is 454 g/mol. The van der Waals surface area contributed by atoms with Gasteiger partial charge in [0.15, 0.2) is 17.3 Å². The molecule has 4 rings (SSSR count). The van der Waals surface area contributed by atoms with Crippen LogP contribution in [0.15, 0.2) is 71.2 Å². The molecular formula is C29H31N3O4. The first-order valence-electron chi connectivity index (χ1n) is 11.7. The molecule has 0 spiro atoms. The Balaban J connectivity index is 1.95. The van der Waals surface area contributed by atoms with Gasteiger partial charge in [-0.2, -0.15) is 5.26 Å². The zero-order chi connectivity index (χ0) is 26.0. The van der Waals surface area contributed by atoms with Crippen LogP contribution < -0.4 is 24.8 Å². The SMILES string of the molecule is COc1cc(N2C(N)=C(C#N)C(/C=C/c3ccccc3)C3=C2CC(C)(C)CC3=O)cc(OC)c1OC. The van der Waals surface area contributed by atoms with E-state index >= 15 is 0 Å². The molecule has 0 fully saturated rings. The Morgan fingerprint density at radius 2 is 1.69 bits per heavy atom. The number of hydrogen-bond donors (Lipinski definition) is 1. The molecule has 0 saturated heterocycles. The van der Waals surface area contributed by atoms with E-state index < -0.39 is 5.92 Å². The van der Waals surface area contributed by atoms with Gasteiger partial charge in [0.05, 0.1) is 38.7 Å². The van der Waals surface area contributed by atoms with Crippen molar-refractivity contribution in [2.24, 2.45) is 17.1 Å². The fraction of sp³-hybridized carbons (Fsp3) is 0.310. The summed E-state index contributed by atoms with van der Waals surface area (Å²) in [7, 11) is 4.62. The van der Waals surface area contributed by atoms with Crippen LogP contribution in [0.4, 0.5) is 5.69 Å². The maximum absolute atomic E-state index is 13.6. The molecule has 186 valence electrons. The van der Waals surface area contributed by atoms with Gasteiger partial charge in [0.25, 0.3) is 0 Å². The van der Waals surface area contributed by atoms with E-state index in [4.69, 9.17) is 19.9 Å². The van der Waals surface area contributed by atoms with Gasteiger partial charge in [0.1, 0.15) is 5.82 Å². The summed E-state index contributed by atoms with van der Waals surface area (Å²) in [6.07, 6.45) is 4.84. The number of allylic oxidation sites excluding steroid dienone is 4. The summed E-state index contributed by atoms with van der Waals surface area (Å²) in [5.41, 5.74) is 9.74. The number of anilines is 1. The van der Waals surface area contributed by atoms with Crippen molar-refractivity contribution < 1.29 is 19.0 Å². The monoisotopic (exact) mass is 485 g/mol. The van der Waals surface area contributed by atoms with Crippen molar-refractivity contribution in [2.75, 3.05) is 26.2 Å². The van der Waals surface area contributed by atoms with E-state index in [0.717, 1.165) is 11.3 Å². The minimum Gasteiger partial charge on any atom is -0.493 e. The van der Waals surface area contributed by atoms with E-state index in [0.29, 0.717) is 46.9 Å². The predicted molar refractivity (Wildman–Crippen MR) is 139 cm³/mol. The highest BCUT2D eigenvalue weighted by atomic mass is 16.5. The fourth-order valence-electron chi connectivity index (χ4n) is 5.01. The number of ether oxygens (including phenoxy) is 3. The van der Waals surface area contributed by atoms with Gasteiger partial charge in [-0.15, -0.1) is 0 Å². The number of carbonyl (C=O) groups is 1. The van der Waals surface area contributed by atoms with E-state index in [9.17, 15) is 10.1 Å². The van der Waals surface area contributed by atoms with E-state index in [-0.39, 0.29) is 17.0 Å². The van der Waals surface area contributed by atoms with Crippen LogP contribution in [0.25, 0.3) is 6.08 Å². The molecule has 2 aromatic carbocycles. The van der Waals surface area contributed by atoms with Crippen molar-refractivity contribution in [1.29, 1.82) is 5.26 Å². The van der Waals surface area contributed by atoms with Crippen LogP contribution in [0, 0.1) is 22.7 Å². The first-order chi connectivity index (χ1) is 17.2. The molecule has 0 radical (unpaired) electrons. The van der Waals surface area contributed by atoms with Gasteiger partial charge in [-0.25, -0.2) is 0 Å². The van der Waals surface area contributed by atoms with Crippen LogP contribution in [0.5, 0.6) is 17.2 Å². The molecule has 7 nitrogen and oxygen atoms in total. The average Bonchev–Trinajstić information content (AvgIpc) is 2.86. The maximum Gasteiger partial charge on any atom is 0.203 e. The summed E-state index contributed by atoms with van der Waals surface area (Å²) >= 11 is 0. The molecule has 7 heteroatoms. The van der Waals surface area contributed by atoms with E-state index in [1.807, 2.05) is 42.5 Å². The molecule has 1 unspecified atom stereocenters. The van der Waals surface area contributed by atoms with Crippen LogP contribution in [-0.4, -0.2) is 27.1 Å². The second kappa shape index (κ2) is 9.82. The molecule has 0 aromatic heterocycles. The lowest BCUT2D eigenvalue weighted by Gasteiger charge is -2.43. The smallest absolute Gasteiger partial charge is 0.203 e. The predicted octanol–water partition coefficient (Wildman–Crippen LogP) is 5.20. The molecule has 1 aliphatic heterocycles. The van der Waals surface area contributed by atoms with Gasteiger partial charge in [0, 0.05) is 35.7 Å². The lowest BCUT2D eigenvalue weighted by Crippen LogP contribution is -2.42. The minimum absolute atomic E-state index is 0.0154. The highest BCUT2D eigenvalue weighted by Gasteiger charge is 2.43. The third-order valence-electron chi connectivity index (χ3n) is 6.61. The van der Waals surface area contributed by atoms with Crippen molar-refractivity contribution in [2.45, 2.75) is 26.7 Å². The average molecular weight is 486 g/mol. The number of nitrogens with two attached hydrogens (primary N) is 1. The Kier molecular flexibility index (Phi) is 6.80. The fourth-order valence-corrected chi connectivity index (χ4v) is 5.01. The lowest BCUT2D eigenvalue weighted by molar-refractivity contribution is -0.118. The third-order valence-corrected chi connectivity index (χ3v) is 6.61. The molecule has 1 heterocycles. The van der Waals surface area contributed by atoms with Gasteiger partial charge in [-0.05, 0) is 17.4 Å². The quantitative estimate of drug-likeness (QED) is 0.601. The van der Waals surface area contributed by atoms with E-state index in [1.54, 1.807) is 31.3 Å². The molecule has 36 heavy (non-hydrogen) atoms. The number of nitrogens with zero attached hydrogens (tertiary/aromatic N) is 2. The topological polar surface area (TPSA) is 97.8 Å². The largest absolute Gasteiger partial charge is 0.493 e. The summed E-state index contributed by atoms with van der Waals surface area (Å²) < 4.78 is 16.6. The molecule has 2 aliphatic rings. The molecule has 0 bridgehead atoms. The molecule has 1 atom stereocenters. The van der Waals surface area contributed by atoms with Crippen LogP contribution in [0.1, 0.15) is 32.3 Å². The van der Waals surface area contributed by atoms with Gasteiger partial charge >= 0.3 is 0 Å². The van der Waals surface area contributed by atoms with Gasteiger partial charge in [-0.3, -0.25) is 9.69 Å². The number of benzene rings is 2. The Morgan fingerprint density at radius 3 is 2.25 bits per heavy atom. The van der Waals surface area contributed by atoms with Gasteiger partial charge < -0.3 is 19.9 Å². The van der Waals surface area contributed by atoms with Gasteiger partial charge in [-0.1, -0.05) is 56.3 Å². The zero-order valence-corrected chi connectivity index (χ0v) is 21.3. The number of ketones is 1. The van der Waals surface area contributed by atoms with Crippen molar-refractivity contribution >= 4 is 17.5 Å². The summed E-state index contributed by atoms with van der Waals surface area (Å²) in [4.78, 5) is 15.4. The van der Waals surface area contributed by atoms with Crippen LogP contribution in [-0.2, 0) is 4.79 Å². The van der Waals surface area contributed by atoms with Crippen LogP contribution >= 0.6 is 0 Å². The number of methoxy groups -OCH3 is 3. The third kappa shape index (κ3) is 4.42. The van der Waals surface area contributed by atoms with Crippen LogP contribution in [0.2, 0.25) is 0 Å². The Morgan fingerprint density at radius 1 is 1.06 bits per heavy atom. The summed E-state index contributed by atoms with van der Waals surface area (Å²) in [5, 5.41) is 10.2. The van der Waals surface area contributed by atoms with Crippen molar-refractivity contribution in [3.63, 3.8) is 0 Å². The highest BCUT2D eigenvalue weighted by Crippen LogP contribution is 2.50. The first-order valence-corrected chi connectivity index (χ1v) is 11.7. The first kappa shape index (κ1) is 24.9. The van der Waals surface area contributed by atoms with Gasteiger partial charge in [0.2, 0.25) is 5.75 Å². The summed E-state index contributed by atoms with van der Waals surface area (Å²) in [6.45, 7) is 4.13. The molecule has 1 aliphatic carbocycles. The number of hydrogen-bond acceptors (Lipinski definition) is 7. The molecule has 0 saturated carbocycles.